The zero-order valence-corrected chi connectivity index (χ0v) is 13.9. The zero-order chi connectivity index (χ0) is 17.5. The summed E-state index contributed by atoms with van der Waals surface area (Å²) < 4.78 is 15.0. The van der Waals surface area contributed by atoms with Gasteiger partial charge >= 0.3 is 0 Å². The van der Waals surface area contributed by atoms with Crippen molar-refractivity contribution < 1.29 is 4.39 Å². The van der Waals surface area contributed by atoms with Gasteiger partial charge in [-0.1, -0.05) is 18.2 Å². The highest BCUT2D eigenvalue weighted by molar-refractivity contribution is 5.79. The molecule has 0 bridgehead atoms. The van der Waals surface area contributed by atoms with Crippen LogP contribution in [0.1, 0.15) is 11.1 Å². The van der Waals surface area contributed by atoms with E-state index in [0.29, 0.717) is 19.0 Å². The molecule has 0 amide bonds. The van der Waals surface area contributed by atoms with Crippen LogP contribution in [0.25, 0.3) is 5.82 Å². The van der Waals surface area contributed by atoms with Gasteiger partial charge in [0, 0.05) is 38.7 Å². The van der Waals surface area contributed by atoms with Gasteiger partial charge in [0.1, 0.15) is 18.0 Å². The van der Waals surface area contributed by atoms with Crippen LogP contribution in [-0.4, -0.2) is 27.5 Å². The fourth-order valence-corrected chi connectivity index (χ4v) is 2.31. The molecule has 0 unspecified atom stereocenters. The van der Waals surface area contributed by atoms with Crippen LogP contribution >= 0.6 is 0 Å². The topological polar surface area (TPSA) is 67.1 Å². The third-order valence-electron chi connectivity index (χ3n) is 3.61. The molecule has 1 aromatic carbocycles. The molecule has 7 heteroatoms. The number of hydrogen-bond donors (Lipinski definition) is 2. The number of rotatable bonds is 5. The van der Waals surface area contributed by atoms with Crippen molar-refractivity contribution in [2.45, 2.75) is 13.1 Å². The summed E-state index contributed by atoms with van der Waals surface area (Å²) in [6.45, 7) is 1.08. The maximum Gasteiger partial charge on any atom is 0.191 e. The van der Waals surface area contributed by atoms with Crippen molar-refractivity contribution in [3.05, 3.63) is 78.3 Å². The van der Waals surface area contributed by atoms with Gasteiger partial charge in [-0.15, -0.1) is 0 Å². The molecule has 0 atom stereocenters. The van der Waals surface area contributed by atoms with Crippen LogP contribution < -0.4 is 10.6 Å². The first-order valence-electron chi connectivity index (χ1n) is 7.87. The Morgan fingerprint density at radius 1 is 1.16 bits per heavy atom. The van der Waals surface area contributed by atoms with Crippen molar-refractivity contribution in [2.75, 3.05) is 7.05 Å². The number of hydrogen-bond acceptors (Lipinski definition) is 3. The molecule has 3 rings (SSSR count). The Balaban J connectivity index is 1.52. The molecule has 128 valence electrons. The SMILES string of the molecule is CN=C(NCc1ccc(-n2ccnc2)nc1)NCc1cccc(F)c1. The first-order valence-corrected chi connectivity index (χ1v) is 7.87. The molecule has 2 N–H and O–H groups in total. The van der Waals surface area contributed by atoms with E-state index in [1.807, 2.05) is 35.2 Å². The molecule has 6 nitrogen and oxygen atoms in total. The van der Waals surface area contributed by atoms with Crippen LogP contribution in [0.3, 0.4) is 0 Å². The quantitative estimate of drug-likeness (QED) is 0.553. The van der Waals surface area contributed by atoms with Gasteiger partial charge in [-0.2, -0.15) is 0 Å². The minimum absolute atomic E-state index is 0.244. The number of benzene rings is 1. The Bertz CT molecular complexity index is 827. The van der Waals surface area contributed by atoms with Crippen molar-refractivity contribution in [1.29, 1.82) is 0 Å². The van der Waals surface area contributed by atoms with E-state index in [1.165, 1.54) is 12.1 Å². The molecule has 0 aliphatic carbocycles. The Hall–Kier alpha value is -3.22. The van der Waals surface area contributed by atoms with E-state index in [2.05, 4.69) is 25.6 Å². The van der Waals surface area contributed by atoms with Crippen molar-refractivity contribution in [3.8, 4) is 5.82 Å². The average Bonchev–Trinajstić information content (AvgIpc) is 3.17. The van der Waals surface area contributed by atoms with E-state index >= 15 is 0 Å². The number of nitrogens with one attached hydrogen (secondary N) is 2. The zero-order valence-electron chi connectivity index (χ0n) is 13.9. The predicted octanol–water partition coefficient (Wildman–Crippen LogP) is 2.27. The van der Waals surface area contributed by atoms with Gasteiger partial charge < -0.3 is 10.6 Å². The summed E-state index contributed by atoms with van der Waals surface area (Å²) in [5.41, 5.74) is 1.88. The summed E-state index contributed by atoms with van der Waals surface area (Å²) in [5.74, 6) is 1.21. The van der Waals surface area contributed by atoms with Crippen LogP contribution in [0.5, 0.6) is 0 Å². The Morgan fingerprint density at radius 2 is 2.00 bits per heavy atom. The minimum Gasteiger partial charge on any atom is -0.352 e. The number of imidazole rings is 1. The molecule has 0 saturated carbocycles. The standard InChI is InChI=1S/C18H19FN6/c1-20-18(23-10-14-3-2-4-16(19)9-14)24-12-15-5-6-17(22-11-15)25-8-7-21-13-25/h2-9,11,13H,10,12H2,1H3,(H2,20,23,24). The Morgan fingerprint density at radius 3 is 2.64 bits per heavy atom. The molecule has 0 saturated heterocycles. The summed E-state index contributed by atoms with van der Waals surface area (Å²) in [7, 11) is 1.70. The van der Waals surface area contributed by atoms with Crippen LogP contribution in [-0.2, 0) is 13.1 Å². The molecule has 25 heavy (non-hydrogen) atoms. The molecule has 2 aromatic heterocycles. The number of aromatic nitrogens is 3. The average molecular weight is 338 g/mol. The van der Waals surface area contributed by atoms with Gasteiger partial charge in [0.15, 0.2) is 5.96 Å². The maximum absolute atomic E-state index is 13.2. The first-order chi connectivity index (χ1) is 12.2. The predicted molar refractivity (Wildman–Crippen MR) is 94.8 cm³/mol. The molecular weight excluding hydrogens is 319 g/mol. The second-order valence-electron chi connectivity index (χ2n) is 5.40. The number of guanidine groups is 1. The molecule has 0 aliphatic heterocycles. The van der Waals surface area contributed by atoms with Gasteiger partial charge in [0.2, 0.25) is 0 Å². The molecular formula is C18H19FN6. The van der Waals surface area contributed by atoms with E-state index in [1.54, 1.807) is 25.6 Å². The van der Waals surface area contributed by atoms with Gasteiger partial charge in [0.05, 0.1) is 0 Å². The van der Waals surface area contributed by atoms with Crippen molar-refractivity contribution >= 4 is 5.96 Å². The number of nitrogens with zero attached hydrogens (tertiary/aromatic N) is 4. The fraction of sp³-hybridized carbons (Fsp3) is 0.167. The lowest BCUT2D eigenvalue weighted by Crippen LogP contribution is -2.36. The highest BCUT2D eigenvalue weighted by atomic mass is 19.1. The van der Waals surface area contributed by atoms with Crippen LogP contribution in [0, 0.1) is 5.82 Å². The van der Waals surface area contributed by atoms with Crippen LogP contribution in [0.4, 0.5) is 4.39 Å². The van der Waals surface area contributed by atoms with Crippen molar-refractivity contribution in [1.82, 2.24) is 25.2 Å². The summed E-state index contributed by atoms with van der Waals surface area (Å²) in [4.78, 5) is 12.6. The minimum atomic E-state index is -0.244. The van der Waals surface area contributed by atoms with Crippen molar-refractivity contribution in [3.63, 3.8) is 0 Å². The van der Waals surface area contributed by atoms with E-state index in [9.17, 15) is 4.39 Å². The molecule has 0 aliphatic rings. The second-order valence-corrected chi connectivity index (χ2v) is 5.40. The van der Waals surface area contributed by atoms with Gasteiger partial charge in [0.25, 0.3) is 0 Å². The first kappa shape index (κ1) is 16.6. The van der Waals surface area contributed by atoms with Crippen molar-refractivity contribution in [2.24, 2.45) is 4.99 Å². The fourth-order valence-electron chi connectivity index (χ4n) is 2.31. The number of pyridine rings is 1. The smallest absolute Gasteiger partial charge is 0.191 e. The maximum atomic E-state index is 13.2. The molecule has 2 heterocycles. The molecule has 3 aromatic rings. The second kappa shape index (κ2) is 8.05. The summed E-state index contributed by atoms with van der Waals surface area (Å²) in [6, 6.07) is 10.4. The third-order valence-corrected chi connectivity index (χ3v) is 3.61. The van der Waals surface area contributed by atoms with E-state index in [0.717, 1.165) is 16.9 Å². The summed E-state index contributed by atoms with van der Waals surface area (Å²) in [6.07, 6.45) is 7.07. The van der Waals surface area contributed by atoms with Crippen LogP contribution in [0.2, 0.25) is 0 Å². The highest BCUT2D eigenvalue weighted by Crippen LogP contribution is 2.05. The summed E-state index contributed by atoms with van der Waals surface area (Å²) in [5, 5.41) is 6.37. The van der Waals surface area contributed by atoms with E-state index in [-0.39, 0.29) is 5.82 Å². The molecule has 0 spiro atoms. The number of aliphatic imine (C=N–C) groups is 1. The van der Waals surface area contributed by atoms with Gasteiger partial charge in [-0.05, 0) is 29.3 Å². The lowest BCUT2D eigenvalue weighted by molar-refractivity contribution is 0.624. The lowest BCUT2D eigenvalue weighted by atomic mass is 10.2. The largest absolute Gasteiger partial charge is 0.352 e. The number of halogens is 1. The third kappa shape index (κ3) is 4.63. The van der Waals surface area contributed by atoms with E-state index < -0.39 is 0 Å². The summed E-state index contributed by atoms with van der Waals surface area (Å²) >= 11 is 0. The molecule has 0 fully saturated rings. The lowest BCUT2D eigenvalue weighted by Gasteiger charge is -2.12. The Kier molecular flexibility index (Phi) is 5.36. The van der Waals surface area contributed by atoms with Crippen LogP contribution in [0.15, 0.2) is 66.3 Å². The van der Waals surface area contributed by atoms with Gasteiger partial charge in [-0.25, -0.2) is 14.4 Å². The normalized spacial score (nSPS) is 11.4. The van der Waals surface area contributed by atoms with E-state index in [4.69, 9.17) is 0 Å². The molecule has 0 radical (unpaired) electrons. The monoisotopic (exact) mass is 338 g/mol. The Labute approximate surface area is 145 Å². The highest BCUT2D eigenvalue weighted by Gasteiger charge is 2.02. The van der Waals surface area contributed by atoms with Gasteiger partial charge in [-0.3, -0.25) is 9.56 Å².